The van der Waals surface area contributed by atoms with E-state index in [1.165, 1.54) is 6.42 Å². The molecule has 0 aromatic rings. The zero-order valence-electron chi connectivity index (χ0n) is 11.7. The van der Waals surface area contributed by atoms with Crippen LogP contribution in [-0.2, 0) is 9.59 Å². The molecule has 19 heavy (non-hydrogen) atoms. The number of thioether (sulfide) groups is 1. The van der Waals surface area contributed by atoms with Gasteiger partial charge >= 0.3 is 5.97 Å². The standard InChI is InChI=1S/C14H25NO3S/c1-19-10-6-2-5-9-15-13(16)11-7-3-4-8-12(11)14(17)18/h11-12H,2-10H2,1H3,(H,15,16)(H,17,18). The number of hydrogen-bond donors (Lipinski definition) is 2. The van der Waals surface area contributed by atoms with Gasteiger partial charge in [-0.25, -0.2) is 0 Å². The molecular formula is C14H25NO3S. The fourth-order valence-electron chi connectivity index (χ4n) is 2.63. The van der Waals surface area contributed by atoms with Gasteiger partial charge in [0.15, 0.2) is 0 Å². The fraction of sp³-hybridized carbons (Fsp3) is 0.857. The number of carboxylic acids is 1. The first-order valence-electron chi connectivity index (χ1n) is 7.16. The molecule has 1 aliphatic carbocycles. The molecule has 0 saturated heterocycles. The molecule has 4 nitrogen and oxygen atoms in total. The van der Waals surface area contributed by atoms with Crippen LogP contribution in [0.15, 0.2) is 0 Å². The van der Waals surface area contributed by atoms with Gasteiger partial charge in [-0.1, -0.05) is 19.3 Å². The lowest BCUT2D eigenvalue weighted by atomic mass is 9.78. The molecule has 0 spiro atoms. The largest absolute Gasteiger partial charge is 0.481 e. The summed E-state index contributed by atoms with van der Waals surface area (Å²) in [7, 11) is 0. The highest BCUT2D eigenvalue weighted by Crippen LogP contribution is 2.30. The number of carboxylic acid groups (broad SMARTS) is 1. The van der Waals surface area contributed by atoms with E-state index in [2.05, 4.69) is 11.6 Å². The summed E-state index contributed by atoms with van der Waals surface area (Å²) < 4.78 is 0. The van der Waals surface area contributed by atoms with Gasteiger partial charge in [-0.3, -0.25) is 9.59 Å². The van der Waals surface area contributed by atoms with Crippen LogP contribution >= 0.6 is 11.8 Å². The second kappa shape index (κ2) is 9.23. The second-order valence-electron chi connectivity index (χ2n) is 5.18. The fourth-order valence-corrected chi connectivity index (χ4v) is 3.12. The molecule has 1 fully saturated rings. The summed E-state index contributed by atoms with van der Waals surface area (Å²) in [6, 6.07) is 0. The van der Waals surface area contributed by atoms with Crippen molar-refractivity contribution in [2.24, 2.45) is 11.8 Å². The molecule has 1 amide bonds. The lowest BCUT2D eigenvalue weighted by Gasteiger charge is -2.27. The Morgan fingerprint density at radius 2 is 1.84 bits per heavy atom. The van der Waals surface area contributed by atoms with Crippen molar-refractivity contribution in [3.63, 3.8) is 0 Å². The van der Waals surface area contributed by atoms with Crippen molar-refractivity contribution in [2.45, 2.75) is 44.9 Å². The van der Waals surface area contributed by atoms with Crippen molar-refractivity contribution < 1.29 is 14.7 Å². The van der Waals surface area contributed by atoms with E-state index in [-0.39, 0.29) is 11.8 Å². The maximum Gasteiger partial charge on any atom is 0.307 e. The van der Waals surface area contributed by atoms with Crippen LogP contribution in [0.4, 0.5) is 0 Å². The van der Waals surface area contributed by atoms with Crippen LogP contribution in [0.5, 0.6) is 0 Å². The number of unbranched alkanes of at least 4 members (excludes halogenated alkanes) is 2. The Hall–Kier alpha value is -0.710. The second-order valence-corrected chi connectivity index (χ2v) is 6.17. The average molecular weight is 287 g/mol. The van der Waals surface area contributed by atoms with Crippen molar-refractivity contribution in [1.82, 2.24) is 5.32 Å². The SMILES string of the molecule is CSCCCCCNC(=O)C1CCCCC1C(=O)O. The van der Waals surface area contributed by atoms with Gasteiger partial charge in [-0.05, 0) is 37.7 Å². The molecule has 0 aliphatic heterocycles. The van der Waals surface area contributed by atoms with E-state index in [1.54, 1.807) is 0 Å². The number of rotatable bonds is 8. The molecule has 0 radical (unpaired) electrons. The van der Waals surface area contributed by atoms with E-state index in [0.29, 0.717) is 13.0 Å². The van der Waals surface area contributed by atoms with E-state index >= 15 is 0 Å². The highest BCUT2D eigenvalue weighted by atomic mass is 32.2. The third kappa shape index (κ3) is 5.85. The molecule has 0 aromatic carbocycles. The summed E-state index contributed by atoms with van der Waals surface area (Å²) in [6.45, 7) is 0.677. The molecule has 5 heteroatoms. The van der Waals surface area contributed by atoms with Gasteiger partial charge in [0.2, 0.25) is 5.91 Å². The lowest BCUT2D eigenvalue weighted by molar-refractivity contribution is -0.148. The summed E-state index contributed by atoms with van der Waals surface area (Å²) >= 11 is 1.84. The highest BCUT2D eigenvalue weighted by Gasteiger charge is 2.35. The van der Waals surface area contributed by atoms with E-state index in [1.807, 2.05) is 11.8 Å². The minimum absolute atomic E-state index is 0.0584. The van der Waals surface area contributed by atoms with Gasteiger partial charge in [0, 0.05) is 6.54 Å². The monoisotopic (exact) mass is 287 g/mol. The Balaban J connectivity index is 2.25. The minimum atomic E-state index is -0.820. The van der Waals surface area contributed by atoms with Gasteiger partial charge in [0.25, 0.3) is 0 Å². The molecule has 2 unspecified atom stereocenters. The number of nitrogens with one attached hydrogen (secondary N) is 1. The molecule has 0 aromatic heterocycles. The molecule has 0 bridgehead atoms. The summed E-state index contributed by atoms with van der Waals surface area (Å²) in [5.41, 5.74) is 0. The molecule has 2 atom stereocenters. The maximum absolute atomic E-state index is 12.0. The lowest BCUT2D eigenvalue weighted by Crippen LogP contribution is -2.40. The topological polar surface area (TPSA) is 66.4 Å². The van der Waals surface area contributed by atoms with E-state index < -0.39 is 11.9 Å². The van der Waals surface area contributed by atoms with Gasteiger partial charge in [0.05, 0.1) is 11.8 Å². The maximum atomic E-state index is 12.0. The van der Waals surface area contributed by atoms with Gasteiger partial charge in [-0.15, -0.1) is 0 Å². The first-order chi connectivity index (χ1) is 9.16. The normalized spacial score (nSPS) is 23.0. The van der Waals surface area contributed by atoms with Crippen LogP contribution in [0, 0.1) is 11.8 Å². The summed E-state index contributed by atoms with van der Waals surface area (Å²) in [4.78, 5) is 23.2. The van der Waals surface area contributed by atoms with E-state index in [0.717, 1.165) is 37.9 Å². The summed E-state index contributed by atoms with van der Waals surface area (Å²) in [5.74, 6) is -0.517. The van der Waals surface area contributed by atoms with Crippen molar-refractivity contribution in [1.29, 1.82) is 0 Å². The van der Waals surface area contributed by atoms with Gasteiger partial charge < -0.3 is 10.4 Å². The van der Waals surface area contributed by atoms with Crippen LogP contribution < -0.4 is 5.32 Å². The predicted molar refractivity (Wildman–Crippen MR) is 78.3 cm³/mol. The Morgan fingerprint density at radius 1 is 1.16 bits per heavy atom. The number of amides is 1. The molecular weight excluding hydrogens is 262 g/mol. The molecule has 0 heterocycles. The van der Waals surface area contributed by atoms with Crippen LogP contribution in [0.25, 0.3) is 0 Å². The Morgan fingerprint density at radius 3 is 2.47 bits per heavy atom. The summed E-state index contributed by atoms with van der Waals surface area (Å²) in [6.07, 6.45) is 8.63. The highest BCUT2D eigenvalue weighted by molar-refractivity contribution is 7.98. The van der Waals surface area contributed by atoms with Crippen LogP contribution in [-0.4, -0.2) is 35.5 Å². The van der Waals surface area contributed by atoms with Crippen LogP contribution in [0.1, 0.15) is 44.9 Å². The minimum Gasteiger partial charge on any atom is -0.481 e. The predicted octanol–water partition coefficient (Wildman–Crippen LogP) is 2.53. The van der Waals surface area contributed by atoms with Gasteiger partial charge in [0.1, 0.15) is 0 Å². The van der Waals surface area contributed by atoms with Crippen LogP contribution in [0.2, 0.25) is 0 Å². The van der Waals surface area contributed by atoms with E-state index in [9.17, 15) is 9.59 Å². The van der Waals surface area contributed by atoms with E-state index in [4.69, 9.17) is 5.11 Å². The molecule has 110 valence electrons. The number of aliphatic carboxylic acids is 1. The van der Waals surface area contributed by atoms with Crippen LogP contribution in [0.3, 0.4) is 0 Å². The number of hydrogen-bond acceptors (Lipinski definition) is 3. The Bertz CT molecular complexity index is 296. The third-order valence-electron chi connectivity index (χ3n) is 3.74. The summed E-state index contributed by atoms with van der Waals surface area (Å²) in [5, 5.41) is 12.0. The number of carbonyl (C=O) groups excluding carboxylic acids is 1. The molecule has 2 N–H and O–H groups in total. The molecule has 1 rings (SSSR count). The first kappa shape index (κ1) is 16.3. The first-order valence-corrected chi connectivity index (χ1v) is 8.55. The van der Waals surface area contributed by atoms with Crippen molar-refractivity contribution in [3.8, 4) is 0 Å². The zero-order valence-corrected chi connectivity index (χ0v) is 12.5. The quantitative estimate of drug-likeness (QED) is 0.673. The van der Waals surface area contributed by atoms with Crippen molar-refractivity contribution in [3.05, 3.63) is 0 Å². The van der Waals surface area contributed by atoms with Crippen molar-refractivity contribution in [2.75, 3.05) is 18.6 Å². The third-order valence-corrected chi connectivity index (χ3v) is 4.44. The molecule has 1 aliphatic rings. The molecule has 1 saturated carbocycles. The Kier molecular flexibility index (Phi) is 7.94. The average Bonchev–Trinajstić information content (AvgIpc) is 2.42. The van der Waals surface area contributed by atoms with Gasteiger partial charge in [-0.2, -0.15) is 11.8 Å². The van der Waals surface area contributed by atoms with Crippen molar-refractivity contribution >= 4 is 23.6 Å². The number of carbonyl (C=O) groups is 2. The zero-order chi connectivity index (χ0) is 14.1. The Labute approximate surface area is 119 Å². The smallest absolute Gasteiger partial charge is 0.307 e.